The molecule has 26 heavy (non-hydrogen) atoms. The Labute approximate surface area is 163 Å². The van der Waals surface area contributed by atoms with Gasteiger partial charge in [-0.3, -0.25) is 0 Å². The third kappa shape index (κ3) is 3.40. The minimum Gasteiger partial charge on any atom is -0.159 e. The molecule has 0 radical (unpaired) electrons. The fourth-order valence-electron chi connectivity index (χ4n) is 3.46. The number of hydrogen-bond donors (Lipinski definition) is 0. The fraction of sp³-hybridized carbons (Fsp3) is 0.182. The van der Waals surface area contributed by atoms with Crippen LogP contribution in [0, 0.1) is 0 Å². The summed E-state index contributed by atoms with van der Waals surface area (Å²) in [4.78, 5) is 0. The number of aryl methyl sites for hydroxylation is 2. The molecule has 0 spiro atoms. The lowest BCUT2D eigenvalue weighted by Gasteiger charge is -2.17. The van der Waals surface area contributed by atoms with Crippen LogP contribution in [-0.2, 0) is 12.8 Å². The van der Waals surface area contributed by atoms with E-state index in [1.807, 2.05) is 24.3 Å². The van der Waals surface area contributed by atoms with E-state index in [1.54, 1.807) is 12.4 Å². The van der Waals surface area contributed by atoms with Crippen molar-refractivity contribution in [3.8, 4) is 0 Å². The molecule has 2 nitrogen and oxygen atoms in total. The molecule has 130 valence electrons. The van der Waals surface area contributed by atoms with Gasteiger partial charge in [-0.2, -0.15) is 10.2 Å². The van der Waals surface area contributed by atoms with Crippen molar-refractivity contribution in [1.82, 2.24) is 0 Å². The van der Waals surface area contributed by atoms with Crippen LogP contribution >= 0.6 is 23.2 Å². The van der Waals surface area contributed by atoms with Crippen molar-refractivity contribution < 1.29 is 0 Å². The van der Waals surface area contributed by atoms with Crippen molar-refractivity contribution in [2.24, 2.45) is 10.2 Å². The van der Waals surface area contributed by atoms with Gasteiger partial charge in [0.2, 0.25) is 0 Å². The summed E-state index contributed by atoms with van der Waals surface area (Å²) in [5.41, 5.74) is 6.82. The largest absolute Gasteiger partial charge is 0.159 e. The Morgan fingerprint density at radius 3 is 1.50 bits per heavy atom. The van der Waals surface area contributed by atoms with Gasteiger partial charge in [0.25, 0.3) is 0 Å². The van der Waals surface area contributed by atoms with Crippen molar-refractivity contribution in [3.05, 3.63) is 81.9 Å². The predicted molar refractivity (Wildman–Crippen MR) is 112 cm³/mol. The smallest absolute Gasteiger partial charge is 0.0542 e. The number of allylic oxidation sites excluding steroid dienone is 2. The van der Waals surface area contributed by atoms with Gasteiger partial charge in [0.1, 0.15) is 0 Å². The molecule has 4 rings (SSSR count). The van der Waals surface area contributed by atoms with Crippen molar-refractivity contribution >= 4 is 45.7 Å². The number of halogens is 2. The summed E-state index contributed by atoms with van der Waals surface area (Å²) >= 11 is 13.1. The van der Waals surface area contributed by atoms with Crippen LogP contribution in [0.2, 0.25) is 0 Å². The van der Waals surface area contributed by atoms with Gasteiger partial charge in [-0.1, -0.05) is 71.7 Å². The zero-order valence-corrected chi connectivity index (χ0v) is 15.8. The zero-order valence-electron chi connectivity index (χ0n) is 14.3. The summed E-state index contributed by atoms with van der Waals surface area (Å²) in [5.74, 6) is 0. The first-order valence-corrected chi connectivity index (χ1v) is 9.50. The van der Waals surface area contributed by atoms with E-state index in [0.29, 0.717) is 0 Å². The molecule has 0 aliphatic heterocycles. The van der Waals surface area contributed by atoms with Crippen LogP contribution in [0.3, 0.4) is 0 Å². The van der Waals surface area contributed by atoms with Gasteiger partial charge >= 0.3 is 0 Å². The van der Waals surface area contributed by atoms with Gasteiger partial charge in [0, 0.05) is 0 Å². The summed E-state index contributed by atoms with van der Waals surface area (Å²) in [6.07, 6.45) is 7.24. The average Bonchev–Trinajstić information content (AvgIpc) is 2.68. The molecule has 2 aromatic carbocycles. The second-order valence-corrected chi connectivity index (χ2v) is 7.24. The molecule has 0 saturated heterocycles. The molecule has 0 unspecified atom stereocenters. The van der Waals surface area contributed by atoms with Crippen LogP contribution in [0.4, 0.5) is 0 Å². The van der Waals surface area contributed by atoms with Gasteiger partial charge < -0.3 is 0 Å². The third-order valence-electron chi connectivity index (χ3n) is 4.89. The van der Waals surface area contributed by atoms with E-state index in [9.17, 15) is 0 Å². The first kappa shape index (κ1) is 17.3. The highest BCUT2D eigenvalue weighted by atomic mass is 35.5. The molecule has 2 aromatic rings. The number of fused-ring (bicyclic) bond motifs is 2. The number of nitrogens with zero attached hydrogens (tertiary/aromatic N) is 2. The lowest BCUT2D eigenvalue weighted by atomic mass is 9.92. The number of rotatable bonds is 3. The van der Waals surface area contributed by atoms with Crippen LogP contribution in [0.5, 0.6) is 0 Å². The second kappa shape index (κ2) is 7.61. The molecule has 0 aromatic heterocycles. The molecular weight excluding hydrogens is 363 g/mol. The maximum absolute atomic E-state index is 6.53. The maximum Gasteiger partial charge on any atom is 0.0542 e. The highest BCUT2D eigenvalue weighted by Gasteiger charge is 2.16. The van der Waals surface area contributed by atoms with Crippen LogP contribution in [0.15, 0.2) is 69.9 Å². The molecule has 4 heteroatoms. The van der Waals surface area contributed by atoms with Gasteiger partial charge in [-0.05, 0) is 59.1 Å². The van der Waals surface area contributed by atoms with E-state index in [4.69, 9.17) is 23.2 Å². The van der Waals surface area contributed by atoms with E-state index in [1.165, 1.54) is 11.1 Å². The molecule has 0 saturated carbocycles. The topological polar surface area (TPSA) is 24.7 Å². The Hall–Kier alpha value is -2.16. The molecule has 0 heterocycles. The Morgan fingerprint density at radius 2 is 1.04 bits per heavy atom. The Morgan fingerprint density at radius 1 is 0.615 bits per heavy atom. The predicted octanol–water partition coefficient (Wildman–Crippen LogP) is 6.24. The molecule has 0 bridgehead atoms. The number of hydrogen-bond acceptors (Lipinski definition) is 2. The van der Waals surface area contributed by atoms with E-state index >= 15 is 0 Å². The average molecular weight is 381 g/mol. The Kier molecular flexibility index (Phi) is 5.05. The van der Waals surface area contributed by atoms with Crippen molar-refractivity contribution in [2.75, 3.05) is 0 Å². The monoisotopic (exact) mass is 380 g/mol. The summed E-state index contributed by atoms with van der Waals surface area (Å²) in [6.45, 7) is 0. The molecule has 0 atom stereocenters. The van der Waals surface area contributed by atoms with Gasteiger partial charge in [0.05, 0.1) is 22.5 Å². The first-order chi connectivity index (χ1) is 12.7. The molecule has 0 amide bonds. The lowest BCUT2D eigenvalue weighted by Crippen LogP contribution is -2.03. The highest BCUT2D eigenvalue weighted by Crippen LogP contribution is 2.34. The van der Waals surface area contributed by atoms with E-state index < -0.39 is 0 Å². The van der Waals surface area contributed by atoms with Crippen molar-refractivity contribution in [1.29, 1.82) is 0 Å². The fourth-order valence-corrected chi connectivity index (χ4v) is 4.11. The maximum atomic E-state index is 6.53. The summed E-state index contributed by atoms with van der Waals surface area (Å²) in [6, 6.07) is 16.5. The summed E-state index contributed by atoms with van der Waals surface area (Å²) in [7, 11) is 0. The van der Waals surface area contributed by atoms with E-state index in [-0.39, 0.29) is 0 Å². The molecule has 0 N–H and O–H groups in total. The molecule has 0 fully saturated rings. The second-order valence-electron chi connectivity index (χ2n) is 6.48. The number of benzene rings is 2. The minimum absolute atomic E-state index is 0.773. The Bertz CT molecular complexity index is 888. The van der Waals surface area contributed by atoms with Crippen molar-refractivity contribution in [3.63, 3.8) is 0 Å². The van der Waals surface area contributed by atoms with Crippen LogP contribution < -0.4 is 0 Å². The van der Waals surface area contributed by atoms with Gasteiger partial charge in [0.15, 0.2) is 0 Å². The third-order valence-corrected chi connectivity index (χ3v) is 5.79. The van der Waals surface area contributed by atoms with Crippen molar-refractivity contribution in [2.45, 2.75) is 25.7 Å². The molecule has 2 aliphatic carbocycles. The highest BCUT2D eigenvalue weighted by molar-refractivity contribution is 6.51. The Balaban J connectivity index is 1.53. The van der Waals surface area contributed by atoms with Crippen LogP contribution in [0.25, 0.3) is 10.1 Å². The van der Waals surface area contributed by atoms with E-state index in [0.717, 1.165) is 58.0 Å². The molecular formula is C22H18Cl2N2. The molecule has 2 aliphatic rings. The van der Waals surface area contributed by atoms with Gasteiger partial charge in [-0.25, -0.2) is 0 Å². The summed E-state index contributed by atoms with van der Waals surface area (Å²) in [5, 5.41) is 9.97. The SMILES string of the molecule is ClC1=C(/C=N/N=C/C2=C(Cl)c3ccccc3CC2)CCc2ccccc21. The normalized spacial score (nSPS) is 17.2. The lowest BCUT2D eigenvalue weighted by molar-refractivity contribution is 0.956. The van der Waals surface area contributed by atoms with Gasteiger partial charge in [-0.15, -0.1) is 0 Å². The summed E-state index contributed by atoms with van der Waals surface area (Å²) < 4.78 is 0. The quantitative estimate of drug-likeness (QED) is 0.444. The first-order valence-electron chi connectivity index (χ1n) is 8.74. The van der Waals surface area contributed by atoms with Crippen LogP contribution in [0.1, 0.15) is 35.1 Å². The minimum atomic E-state index is 0.773. The zero-order chi connectivity index (χ0) is 17.9. The van der Waals surface area contributed by atoms with Crippen LogP contribution in [-0.4, -0.2) is 12.4 Å². The standard InChI is InChI=1S/C22H18Cl2N2/c23-21-17(11-9-15-5-1-3-7-19(15)21)13-25-26-14-18-12-10-16-6-2-4-8-20(16)22(18)24/h1-8,13-14H,9-12H2/b25-13+,26-14+. The van der Waals surface area contributed by atoms with E-state index in [2.05, 4.69) is 34.5 Å².